The molecule has 0 amide bonds. The second-order valence-electron chi connectivity index (χ2n) is 5.35. The summed E-state index contributed by atoms with van der Waals surface area (Å²) >= 11 is 0. The highest BCUT2D eigenvalue weighted by Gasteiger charge is 2.23. The van der Waals surface area contributed by atoms with Crippen molar-refractivity contribution in [3.8, 4) is 0 Å². The van der Waals surface area contributed by atoms with Crippen LogP contribution in [-0.2, 0) is 13.5 Å². The third kappa shape index (κ3) is 3.71. The molecule has 0 bridgehead atoms. The summed E-state index contributed by atoms with van der Waals surface area (Å²) in [7, 11) is 1.94. The van der Waals surface area contributed by atoms with Crippen molar-refractivity contribution in [2.75, 3.05) is 32.7 Å². The Morgan fingerprint density at radius 1 is 1.45 bits per heavy atom. The monoisotopic (exact) mass is 280 g/mol. The number of hydrogen-bond acceptors (Lipinski definition) is 5. The number of aromatic nitrogens is 2. The number of nitrogens with two attached hydrogens (primary N) is 1. The molecule has 0 aliphatic carbocycles. The lowest BCUT2D eigenvalue weighted by Gasteiger charge is -2.37. The summed E-state index contributed by atoms with van der Waals surface area (Å²) in [5.74, 6) is 0.286. The van der Waals surface area contributed by atoms with Gasteiger partial charge in [0.1, 0.15) is 0 Å². The smallest absolute Gasteiger partial charge is 0.156 e. The van der Waals surface area contributed by atoms with Gasteiger partial charge in [-0.15, -0.1) is 0 Å². The molecule has 7 nitrogen and oxygen atoms in total. The fraction of sp³-hybridized carbons (Fsp3) is 0.692. The summed E-state index contributed by atoms with van der Waals surface area (Å²) in [6.07, 6.45) is 5.02. The predicted molar refractivity (Wildman–Crippen MR) is 77.8 cm³/mol. The van der Waals surface area contributed by atoms with Gasteiger partial charge in [-0.2, -0.15) is 5.10 Å². The van der Waals surface area contributed by atoms with Gasteiger partial charge in [-0.05, 0) is 18.9 Å². The van der Waals surface area contributed by atoms with Gasteiger partial charge >= 0.3 is 0 Å². The molecule has 0 radical (unpaired) electrons. The SMILES string of the molecule is CC(C(N)=NO)N1CCN(CCc2cnn(C)c2)CC1. The number of amidine groups is 1. The van der Waals surface area contributed by atoms with Crippen LogP contribution in [-0.4, -0.2) is 69.4 Å². The van der Waals surface area contributed by atoms with Crippen LogP contribution < -0.4 is 5.73 Å². The van der Waals surface area contributed by atoms with Crippen molar-refractivity contribution < 1.29 is 5.21 Å². The van der Waals surface area contributed by atoms with E-state index in [4.69, 9.17) is 10.9 Å². The summed E-state index contributed by atoms with van der Waals surface area (Å²) < 4.78 is 1.84. The molecule has 1 aromatic heterocycles. The molecule has 1 aromatic rings. The van der Waals surface area contributed by atoms with Crippen LogP contribution in [0.1, 0.15) is 12.5 Å². The van der Waals surface area contributed by atoms with Crippen LogP contribution in [0.4, 0.5) is 0 Å². The number of piperazine rings is 1. The van der Waals surface area contributed by atoms with Gasteiger partial charge in [-0.25, -0.2) is 0 Å². The standard InChI is InChI=1S/C13H24N6O/c1-11(13(14)16-20)19-7-5-18(6-8-19)4-3-12-9-15-17(2)10-12/h9-11,20H,3-8H2,1-2H3,(H2,14,16). The number of hydrogen-bond donors (Lipinski definition) is 2. The second-order valence-corrected chi connectivity index (χ2v) is 5.35. The van der Waals surface area contributed by atoms with E-state index in [0.29, 0.717) is 0 Å². The van der Waals surface area contributed by atoms with Crippen LogP contribution in [0, 0.1) is 0 Å². The summed E-state index contributed by atoms with van der Waals surface area (Å²) in [5.41, 5.74) is 6.93. The molecule has 0 spiro atoms. The Kier molecular flexibility index (Phi) is 4.97. The molecule has 1 fully saturated rings. The number of oxime groups is 1. The van der Waals surface area contributed by atoms with E-state index in [9.17, 15) is 0 Å². The number of nitrogens with zero attached hydrogens (tertiary/aromatic N) is 5. The minimum absolute atomic E-state index is 0.000438. The lowest BCUT2D eigenvalue weighted by Crippen LogP contribution is -2.53. The average Bonchev–Trinajstić information content (AvgIpc) is 2.89. The van der Waals surface area contributed by atoms with Crippen molar-refractivity contribution in [3.05, 3.63) is 18.0 Å². The molecule has 1 aliphatic rings. The van der Waals surface area contributed by atoms with E-state index in [1.807, 2.05) is 24.9 Å². The molecule has 7 heteroatoms. The quantitative estimate of drug-likeness (QED) is 0.335. The number of aryl methyl sites for hydroxylation is 1. The molecule has 20 heavy (non-hydrogen) atoms. The van der Waals surface area contributed by atoms with E-state index >= 15 is 0 Å². The van der Waals surface area contributed by atoms with E-state index in [0.717, 1.165) is 39.1 Å². The van der Waals surface area contributed by atoms with Gasteiger partial charge in [-0.3, -0.25) is 9.58 Å². The second kappa shape index (κ2) is 6.71. The van der Waals surface area contributed by atoms with Crippen LogP contribution in [0.2, 0.25) is 0 Å². The molecule has 0 aromatic carbocycles. The molecular weight excluding hydrogens is 256 g/mol. The normalized spacial score (nSPS) is 20.2. The molecule has 3 N–H and O–H groups in total. The van der Waals surface area contributed by atoms with E-state index in [1.165, 1.54) is 5.56 Å². The van der Waals surface area contributed by atoms with E-state index < -0.39 is 0 Å². The highest BCUT2D eigenvalue weighted by atomic mass is 16.4. The zero-order valence-corrected chi connectivity index (χ0v) is 12.2. The zero-order chi connectivity index (χ0) is 14.5. The lowest BCUT2D eigenvalue weighted by molar-refractivity contribution is 0.122. The van der Waals surface area contributed by atoms with Gasteiger partial charge in [0.05, 0.1) is 12.2 Å². The molecular formula is C13H24N6O. The van der Waals surface area contributed by atoms with Crippen molar-refractivity contribution in [3.63, 3.8) is 0 Å². The van der Waals surface area contributed by atoms with Gasteiger partial charge in [0.25, 0.3) is 0 Å². The van der Waals surface area contributed by atoms with Crippen LogP contribution in [0.15, 0.2) is 17.5 Å². The summed E-state index contributed by atoms with van der Waals surface area (Å²) in [6, 6.07) is 0.000438. The largest absolute Gasteiger partial charge is 0.409 e. The summed E-state index contributed by atoms with van der Waals surface area (Å²) in [6.45, 7) is 6.96. The lowest BCUT2D eigenvalue weighted by atomic mass is 10.2. The molecule has 1 unspecified atom stereocenters. The van der Waals surface area contributed by atoms with Gasteiger partial charge < -0.3 is 15.8 Å². The highest BCUT2D eigenvalue weighted by molar-refractivity contribution is 5.84. The maximum atomic E-state index is 8.72. The van der Waals surface area contributed by atoms with Gasteiger partial charge in [0.2, 0.25) is 0 Å². The van der Waals surface area contributed by atoms with Crippen molar-refractivity contribution in [2.24, 2.45) is 17.9 Å². The Morgan fingerprint density at radius 3 is 2.70 bits per heavy atom. The first-order valence-corrected chi connectivity index (χ1v) is 7.01. The van der Waals surface area contributed by atoms with Crippen LogP contribution in [0.5, 0.6) is 0 Å². The van der Waals surface area contributed by atoms with E-state index in [1.54, 1.807) is 0 Å². The Labute approximate surface area is 119 Å². The molecule has 112 valence electrons. The first-order chi connectivity index (χ1) is 9.60. The first-order valence-electron chi connectivity index (χ1n) is 7.01. The fourth-order valence-corrected chi connectivity index (χ4v) is 2.53. The Balaban J connectivity index is 1.74. The van der Waals surface area contributed by atoms with Crippen molar-refractivity contribution in [1.29, 1.82) is 0 Å². The maximum absolute atomic E-state index is 8.72. The molecule has 1 saturated heterocycles. The van der Waals surface area contributed by atoms with Crippen LogP contribution in [0.25, 0.3) is 0 Å². The summed E-state index contributed by atoms with van der Waals surface area (Å²) in [4.78, 5) is 4.69. The Bertz CT molecular complexity index is 449. The van der Waals surface area contributed by atoms with Gasteiger partial charge in [0.15, 0.2) is 5.84 Å². The predicted octanol–water partition coefficient (Wildman–Crippen LogP) is -0.285. The third-order valence-corrected chi connectivity index (χ3v) is 3.97. The molecule has 0 saturated carbocycles. The van der Waals surface area contributed by atoms with Gasteiger partial charge in [-0.1, -0.05) is 5.16 Å². The molecule has 1 aliphatic heterocycles. The molecule has 1 atom stereocenters. The topological polar surface area (TPSA) is 82.9 Å². The summed E-state index contributed by atoms with van der Waals surface area (Å²) in [5, 5.41) is 16.0. The van der Waals surface area contributed by atoms with E-state index in [-0.39, 0.29) is 11.9 Å². The molecule has 2 rings (SSSR count). The Hall–Kier alpha value is -1.60. The van der Waals surface area contributed by atoms with Crippen molar-refractivity contribution >= 4 is 5.84 Å². The minimum atomic E-state index is 0.000438. The number of rotatable bonds is 5. The van der Waals surface area contributed by atoms with Gasteiger partial charge in [0, 0.05) is 46.0 Å². The maximum Gasteiger partial charge on any atom is 0.156 e. The molecule has 2 heterocycles. The van der Waals surface area contributed by atoms with Crippen LogP contribution in [0.3, 0.4) is 0 Å². The van der Waals surface area contributed by atoms with E-state index in [2.05, 4.69) is 26.3 Å². The van der Waals surface area contributed by atoms with Crippen molar-refractivity contribution in [2.45, 2.75) is 19.4 Å². The zero-order valence-electron chi connectivity index (χ0n) is 12.2. The average molecular weight is 280 g/mol. The van der Waals surface area contributed by atoms with Crippen LogP contribution >= 0.6 is 0 Å². The fourth-order valence-electron chi connectivity index (χ4n) is 2.53. The highest BCUT2D eigenvalue weighted by Crippen LogP contribution is 2.08. The van der Waals surface area contributed by atoms with Crippen molar-refractivity contribution in [1.82, 2.24) is 19.6 Å². The third-order valence-electron chi connectivity index (χ3n) is 3.97. The first kappa shape index (κ1) is 14.8. The minimum Gasteiger partial charge on any atom is -0.409 e. The Morgan fingerprint density at radius 2 is 2.15 bits per heavy atom.